The van der Waals surface area contributed by atoms with E-state index in [-0.39, 0.29) is 11.3 Å². The zero-order valence-corrected chi connectivity index (χ0v) is 15.8. The number of para-hydroxylation sites is 1. The van der Waals surface area contributed by atoms with E-state index in [1.807, 2.05) is 42.5 Å². The van der Waals surface area contributed by atoms with Gasteiger partial charge in [-0.15, -0.1) is 0 Å². The van der Waals surface area contributed by atoms with Crippen molar-refractivity contribution in [1.82, 2.24) is 4.98 Å². The van der Waals surface area contributed by atoms with Gasteiger partial charge in [0.25, 0.3) is 0 Å². The largest absolute Gasteiger partial charge is 0.497 e. The zero-order chi connectivity index (χ0) is 20.1. The average Bonchev–Trinajstić information content (AvgIpc) is 2.76. The summed E-state index contributed by atoms with van der Waals surface area (Å²) < 4.78 is 14.9. The number of carbonyl (C=O) groups is 2. The Kier molecular flexibility index (Phi) is 5.74. The van der Waals surface area contributed by atoms with Gasteiger partial charge in [0, 0.05) is 11.9 Å². The van der Waals surface area contributed by atoms with Gasteiger partial charge >= 0.3 is 11.9 Å². The number of fused-ring (bicyclic) bond motifs is 1. The minimum atomic E-state index is -0.710. The Morgan fingerprint density at radius 1 is 0.929 bits per heavy atom. The van der Waals surface area contributed by atoms with Crippen LogP contribution in [0.3, 0.4) is 0 Å². The number of hydrogen-bond acceptors (Lipinski definition) is 7. The third kappa shape index (κ3) is 3.73. The highest BCUT2D eigenvalue weighted by molar-refractivity contribution is 6.12. The van der Waals surface area contributed by atoms with Crippen LogP contribution in [0.25, 0.3) is 10.9 Å². The highest BCUT2D eigenvalue weighted by Gasteiger charge is 2.26. The van der Waals surface area contributed by atoms with Crippen LogP contribution in [0, 0.1) is 0 Å². The Labute approximate surface area is 162 Å². The lowest BCUT2D eigenvalue weighted by atomic mass is 10.0. The number of ether oxygens (including phenoxy) is 3. The van der Waals surface area contributed by atoms with Gasteiger partial charge in [-0.1, -0.05) is 30.3 Å². The van der Waals surface area contributed by atoms with Gasteiger partial charge in [0.2, 0.25) is 0 Å². The number of anilines is 1. The van der Waals surface area contributed by atoms with E-state index in [0.717, 1.165) is 11.3 Å². The Bertz CT molecular complexity index is 1020. The average molecular weight is 380 g/mol. The van der Waals surface area contributed by atoms with Crippen LogP contribution in [0.15, 0.2) is 48.5 Å². The first-order valence-corrected chi connectivity index (χ1v) is 8.55. The van der Waals surface area contributed by atoms with E-state index in [4.69, 9.17) is 14.2 Å². The summed E-state index contributed by atoms with van der Waals surface area (Å²) in [6.45, 7) is 0.419. The summed E-state index contributed by atoms with van der Waals surface area (Å²) in [6, 6.07) is 14.8. The van der Waals surface area contributed by atoms with Crippen LogP contribution in [0.2, 0.25) is 0 Å². The van der Waals surface area contributed by atoms with Gasteiger partial charge in [0.15, 0.2) is 5.69 Å². The summed E-state index contributed by atoms with van der Waals surface area (Å²) in [4.78, 5) is 29.1. The number of nitrogens with one attached hydrogen (secondary N) is 1. The van der Waals surface area contributed by atoms with Crippen LogP contribution in [0.4, 0.5) is 5.69 Å². The Balaban J connectivity index is 2.11. The number of esters is 2. The normalized spacial score (nSPS) is 10.4. The molecule has 0 unspecified atom stereocenters. The number of carbonyl (C=O) groups excluding carboxylic acids is 2. The van der Waals surface area contributed by atoms with Crippen molar-refractivity contribution in [2.24, 2.45) is 0 Å². The number of hydrogen-bond donors (Lipinski definition) is 1. The van der Waals surface area contributed by atoms with E-state index in [1.165, 1.54) is 14.2 Å². The molecule has 1 N–H and O–H groups in total. The molecular formula is C21H20N2O5. The van der Waals surface area contributed by atoms with Crippen molar-refractivity contribution < 1.29 is 23.8 Å². The summed E-state index contributed by atoms with van der Waals surface area (Å²) in [5.41, 5.74) is 1.95. The number of benzene rings is 2. The van der Waals surface area contributed by atoms with Gasteiger partial charge in [0.1, 0.15) is 11.3 Å². The second-order valence-corrected chi connectivity index (χ2v) is 5.91. The molecule has 3 aromatic rings. The van der Waals surface area contributed by atoms with Crippen molar-refractivity contribution in [3.63, 3.8) is 0 Å². The molecule has 0 fully saturated rings. The molecule has 0 bridgehead atoms. The van der Waals surface area contributed by atoms with E-state index < -0.39 is 11.9 Å². The first-order valence-electron chi connectivity index (χ1n) is 8.55. The van der Waals surface area contributed by atoms with Gasteiger partial charge in [0.05, 0.1) is 32.5 Å². The third-order valence-corrected chi connectivity index (χ3v) is 4.29. The van der Waals surface area contributed by atoms with E-state index in [2.05, 4.69) is 10.3 Å². The van der Waals surface area contributed by atoms with E-state index in [0.29, 0.717) is 23.1 Å². The summed E-state index contributed by atoms with van der Waals surface area (Å²) in [5, 5.41) is 3.95. The molecular weight excluding hydrogens is 360 g/mol. The molecule has 0 aliphatic heterocycles. The highest BCUT2D eigenvalue weighted by atomic mass is 16.5. The molecule has 2 aromatic carbocycles. The fourth-order valence-electron chi connectivity index (χ4n) is 2.87. The maximum atomic E-state index is 12.5. The first kappa shape index (κ1) is 19.2. The lowest BCUT2D eigenvalue weighted by Gasteiger charge is -2.16. The summed E-state index contributed by atoms with van der Waals surface area (Å²) in [6.07, 6.45) is 0. The van der Waals surface area contributed by atoms with Gasteiger partial charge in [-0.2, -0.15) is 0 Å². The number of nitrogens with zero attached hydrogens (tertiary/aromatic N) is 1. The first-order chi connectivity index (χ1) is 13.6. The molecule has 7 nitrogen and oxygen atoms in total. The fourth-order valence-corrected chi connectivity index (χ4v) is 2.87. The zero-order valence-electron chi connectivity index (χ0n) is 15.8. The van der Waals surface area contributed by atoms with Gasteiger partial charge in [-0.25, -0.2) is 14.6 Å². The lowest BCUT2D eigenvalue weighted by Crippen LogP contribution is -2.17. The highest BCUT2D eigenvalue weighted by Crippen LogP contribution is 2.30. The SMILES string of the molecule is COC(=O)c1nc2ccccc2c(NCc2ccc(OC)cc2)c1C(=O)OC. The molecule has 0 atom stereocenters. The molecule has 0 radical (unpaired) electrons. The molecule has 0 saturated heterocycles. The van der Waals surface area contributed by atoms with E-state index in [1.54, 1.807) is 13.2 Å². The van der Waals surface area contributed by atoms with Crippen molar-refractivity contribution in [1.29, 1.82) is 0 Å². The maximum absolute atomic E-state index is 12.5. The standard InChI is InChI=1S/C21H20N2O5/c1-26-14-10-8-13(9-11-14)12-22-18-15-6-4-5-7-16(15)23-19(21(25)28-3)17(18)20(24)27-2/h4-11H,12H2,1-3H3,(H,22,23). The van der Waals surface area contributed by atoms with Crippen molar-refractivity contribution in [3.05, 3.63) is 65.4 Å². The van der Waals surface area contributed by atoms with Gasteiger partial charge in [-0.3, -0.25) is 0 Å². The molecule has 0 aliphatic rings. The van der Waals surface area contributed by atoms with Crippen LogP contribution < -0.4 is 10.1 Å². The van der Waals surface area contributed by atoms with Gasteiger partial charge in [-0.05, 0) is 23.8 Å². The molecule has 0 saturated carbocycles. The summed E-state index contributed by atoms with van der Waals surface area (Å²) >= 11 is 0. The predicted molar refractivity (Wildman–Crippen MR) is 105 cm³/mol. The molecule has 1 aromatic heterocycles. The van der Waals surface area contributed by atoms with Gasteiger partial charge < -0.3 is 19.5 Å². The van der Waals surface area contributed by atoms with Crippen molar-refractivity contribution in [2.75, 3.05) is 26.6 Å². The quantitative estimate of drug-likeness (QED) is 0.656. The number of aromatic nitrogens is 1. The van der Waals surface area contributed by atoms with Crippen LogP contribution >= 0.6 is 0 Å². The summed E-state index contributed by atoms with van der Waals surface area (Å²) in [7, 11) is 4.10. The predicted octanol–water partition coefficient (Wildman–Crippen LogP) is 3.43. The second kappa shape index (κ2) is 8.39. The van der Waals surface area contributed by atoms with Crippen molar-refractivity contribution >= 4 is 28.5 Å². The van der Waals surface area contributed by atoms with Crippen LogP contribution in [-0.4, -0.2) is 38.3 Å². The Morgan fingerprint density at radius 2 is 1.61 bits per heavy atom. The van der Waals surface area contributed by atoms with Crippen LogP contribution in [0.5, 0.6) is 5.75 Å². The smallest absolute Gasteiger partial charge is 0.357 e. The monoisotopic (exact) mass is 380 g/mol. The third-order valence-electron chi connectivity index (χ3n) is 4.29. The second-order valence-electron chi connectivity index (χ2n) is 5.91. The molecule has 0 amide bonds. The van der Waals surface area contributed by atoms with E-state index in [9.17, 15) is 9.59 Å². The molecule has 3 rings (SSSR count). The van der Waals surface area contributed by atoms with Crippen LogP contribution in [-0.2, 0) is 16.0 Å². The minimum Gasteiger partial charge on any atom is -0.497 e. The number of methoxy groups -OCH3 is 3. The van der Waals surface area contributed by atoms with E-state index >= 15 is 0 Å². The maximum Gasteiger partial charge on any atom is 0.357 e. The number of rotatable bonds is 6. The Morgan fingerprint density at radius 3 is 2.25 bits per heavy atom. The molecule has 0 spiro atoms. The molecule has 28 heavy (non-hydrogen) atoms. The lowest BCUT2D eigenvalue weighted by molar-refractivity contribution is 0.0551. The minimum absolute atomic E-state index is 0.0431. The van der Waals surface area contributed by atoms with Crippen molar-refractivity contribution in [2.45, 2.75) is 6.54 Å². The van der Waals surface area contributed by atoms with Crippen molar-refractivity contribution in [3.8, 4) is 5.75 Å². The number of pyridine rings is 1. The van der Waals surface area contributed by atoms with Crippen LogP contribution in [0.1, 0.15) is 26.4 Å². The molecule has 144 valence electrons. The summed E-state index contributed by atoms with van der Waals surface area (Å²) in [5.74, 6) is -0.629. The molecule has 0 aliphatic carbocycles. The molecule has 1 heterocycles. The Hall–Kier alpha value is -3.61. The molecule has 7 heteroatoms. The fraction of sp³-hybridized carbons (Fsp3) is 0.190. The topological polar surface area (TPSA) is 86.8 Å².